The van der Waals surface area contributed by atoms with Crippen LogP contribution in [0.5, 0.6) is 0 Å². The Hall–Kier alpha value is -1.30. The summed E-state index contributed by atoms with van der Waals surface area (Å²) < 4.78 is 0. The predicted molar refractivity (Wildman–Crippen MR) is 85.3 cm³/mol. The number of nitrogen functional groups attached to an aromatic ring is 1. The number of hydrogen-bond acceptors (Lipinski definition) is 4. The molecule has 0 heterocycles. The maximum atomic E-state index is 11.9. The number of hydrogen-bond donors (Lipinski definition) is 3. The van der Waals surface area contributed by atoms with Crippen LogP contribution < -0.4 is 11.1 Å². The fourth-order valence-electron chi connectivity index (χ4n) is 2.53. The molecule has 6 heteroatoms. The molecule has 1 aromatic carbocycles. The largest absolute Gasteiger partial charge is 0.397 e. The van der Waals surface area contributed by atoms with E-state index in [1.54, 1.807) is 18.2 Å². The van der Waals surface area contributed by atoms with Gasteiger partial charge >= 0.3 is 0 Å². The summed E-state index contributed by atoms with van der Waals surface area (Å²) in [6.45, 7) is 1.61. The lowest BCUT2D eigenvalue weighted by Crippen LogP contribution is -2.38. The summed E-state index contributed by atoms with van der Waals surface area (Å²) in [5.74, 6) is 0.490. The van der Waals surface area contributed by atoms with Gasteiger partial charge in [-0.1, -0.05) is 11.6 Å². The molecule has 0 radical (unpaired) electrons. The van der Waals surface area contributed by atoms with Crippen LogP contribution in [0.4, 0.5) is 11.4 Å². The van der Waals surface area contributed by atoms with E-state index in [0.717, 1.165) is 19.4 Å². The van der Waals surface area contributed by atoms with Crippen molar-refractivity contribution in [3.05, 3.63) is 23.2 Å². The van der Waals surface area contributed by atoms with Gasteiger partial charge in [-0.15, -0.1) is 0 Å². The number of carbonyl (C=O) groups is 1. The second-order valence-electron chi connectivity index (χ2n) is 5.78. The molecule has 0 unspecified atom stereocenters. The molecule has 1 fully saturated rings. The first-order valence-corrected chi connectivity index (χ1v) is 7.53. The van der Waals surface area contributed by atoms with E-state index in [0.29, 0.717) is 35.3 Å². The Balaban J connectivity index is 1.71. The molecule has 116 valence electrons. The van der Waals surface area contributed by atoms with E-state index in [9.17, 15) is 9.90 Å². The van der Waals surface area contributed by atoms with Crippen molar-refractivity contribution in [3.8, 4) is 0 Å². The standard InChI is InChI=1S/C15H22ClN3O2/c1-19(9-10-6-12(20)7-10)5-4-15(21)18-14-3-2-11(16)8-13(14)17/h2-3,8,10,12,20H,4-7,9,17H2,1H3,(H,18,21). The van der Waals surface area contributed by atoms with Gasteiger partial charge in [0.15, 0.2) is 0 Å². The van der Waals surface area contributed by atoms with Crippen LogP contribution in [0.25, 0.3) is 0 Å². The van der Waals surface area contributed by atoms with Crippen LogP contribution in [0.2, 0.25) is 5.02 Å². The summed E-state index contributed by atoms with van der Waals surface area (Å²) in [4.78, 5) is 14.0. The Morgan fingerprint density at radius 2 is 2.24 bits per heavy atom. The minimum Gasteiger partial charge on any atom is -0.397 e. The zero-order chi connectivity index (χ0) is 15.4. The zero-order valence-corrected chi connectivity index (χ0v) is 12.9. The van der Waals surface area contributed by atoms with E-state index in [2.05, 4.69) is 10.2 Å². The molecule has 0 spiro atoms. The average Bonchev–Trinajstić information content (AvgIpc) is 2.38. The highest BCUT2D eigenvalue weighted by Gasteiger charge is 2.27. The van der Waals surface area contributed by atoms with Crippen LogP contribution >= 0.6 is 11.6 Å². The van der Waals surface area contributed by atoms with Crippen molar-refractivity contribution in [2.24, 2.45) is 5.92 Å². The normalized spacial score (nSPS) is 21.1. The Morgan fingerprint density at radius 1 is 1.52 bits per heavy atom. The molecule has 4 N–H and O–H groups in total. The van der Waals surface area contributed by atoms with Gasteiger partial charge in [-0.2, -0.15) is 0 Å². The van der Waals surface area contributed by atoms with Gasteiger partial charge in [-0.05, 0) is 44.0 Å². The van der Waals surface area contributed by atoms with E-state index < -0.39 is 0 Å². The third-order valence-corrected chi connectivity index (χ3v) is 4.02. The summed E-state index contributed by atoms with van der Waals surface area (Å²) in [5, 5.41) is 12.6. The van der Waals surface area contributed by atoms with Gasteiger partial charge in [0, 0.05) is 24.5 Å². The SMILES string of the molecule is CN(CCC(=O)Nc1ccc(Cl)cc1N)CC1CC(O)C1. The van der Waals surface area contributed by atoms with Crippen molar-refractivity contribution in [1.82, 2.24) is 4.90 Å². The number of anilines is 2. The number of halogens is 1. The Morgan fingerprint density at radius 3 is 2.86 bits per heavy atom. The maximum absolute atomic E-state index is 11.9. The number of rotatable bonds is 6. The molecule has 0 atom stereocenters. The second kappa shape index (κ2) is 7.11. The molecule has 0 aromatic heterocycles. The summed E-state index contributed by atoms with van der Waals surface area (Å²) in [7, 11) is 1.99. The third kappa shape index (κ3) is 4.88. The van der Waals surface area contributed by atoms with E-state index in [1.165, 1.54) is 0 Å². The Bertz CT molecular complexity index is 504. The number of benzene rings is 1. The van der Waals surface area contributed by atoms with Gasteiger partial charge in [-0.3, -0.25) is 4.79 Å². The fourth-order valence-corrected chi connectivity index (χ4v) is 2.71. The number of carbonyl (C=O) groups excluding carboxylic acids is 1. The van der Waals surface area contributed by atoms with Crippen LogP contribution in [-0.2, 0) is 4.79 Å². The molecule has 1 aromatic rings. The molecule has 1 saturated carbocycles. The lowest BCUT2D eigenvalue weighted by Gasteiger charge is -2.34. The minimum absolute atomic E-state index is 0.0653. The quantitative estimate of drug-likeness (QED) is 0.702. The molecule has 0 bridgehead atoms. The minimum atomic E-state index is -0.125. The van der Waals surface area contributed by atoms with Crippen molar-refractivity contribution in [2.45, 2.75) is 25.4 Å². The maximum Gasteiger partial charge on any atom is 0.225 e. The van der Waals surface area contributed by atoms with E-state index in [-0.39, 0.29) is 12.0 Å². The van der Waals surface area contributed by atoms with Crippen LogP contribution in [0, 0.1) is 5.92 Å². The van der Waals surface area contributed by atoms with Crippen molar-refractivity contribution >= 4 is 28.9 Å². The van der Waals surface area contributed by atoms with E-state index in [4.69, 9.17) is 17.3 Å². The van der Waals surface area contributed by atoms with Gasteiger partial charge in [0.05, 0.1) is 17.5 Å². The van der Waals surface area contributed by atoms with Crippen LogP contribution in [0.3, 0.4) is 0 Å². The first kappa shape index (κ1) is 16.1. The summed E-state index contributed by atoms with van der Waals surface area (Å²) in [6, 6.07) is 5.02. The van der Waals surface area contributed by atoms with E-state index in [1.807, 2.05) is 7.05 Å². The summed E-state index contributed by atoms with van der Waals surface area (Å²) in [6.07, 6.45) is 2.03. The fraction of sp³-hybridized carbons (Fsp3) is 0.533. The van der Waals surface area contributed by atoms with Gasteiger partial charge < -0.3 is 21.1 Å². The number of nitrogens with one attached hydrogen (secondary N) is 1. The number of aliphatic hydroxyl groups excluding tert-OH is 1. The second-order valence-corrected chi connectivity index (χ2v) is 6.22. The van der Waals surface area contributed by atoms with Crippen LogP contribution in [0.15, 0.2) is 18.2 Å². The van der Waals surface area contributed by atoms with Crippen LogP contribution in [0.1, 0.15) is 19.3 Å². The van der Waals surface area contributed by atoms with Gasteiger partial charge in [0.2, 0.25) is 5.91 Å². The topological polar surface area (TPSA) is 78.6 Å². The first-order chi connectivity index (χ1) is 9.94. The number of nitrogens with two attached hydrogens (primary N) is 1. The highest BCUT2D eigenvalue weighted by Crippen LogP contribution is 2.27. The predicted octanol–water partition coefficient (Wildman–Crippen LogP) is 1.95. The summed E-state index contributed by atoms with van der Waals surface area (Å²) in [5.41, 5.74) is 6.85. The molecule has 1 aliphatic carbocycles. The Kier molecular flexibility index (Phi) is 5.45. The van der Waals surface area contributed by atoms with Gasteiger partial charge in [-0.25, -0.2) is 0 Å². The molecule has 0 saturated heterocycles. The van der Waals surface area contributed by atoms with Crippen molar-refractivity contribution < 1.29 is 9.90 Å². The molecule has 2 rings (SSSR count). The van der Waals surface area contributed by atoms with Crippen molar-refractivity contribution in [1.29, 1.82) is 0 Å². The highest BCUT2D eigenvalue weighted by molar-refractivity contribution is 6.31. The van der Waals surface area contributed by atoms with Crippen LogP contribution in [-0.4, -0.2) is 42.2 Å². The number of aliphatic hydroxyl groups is 1. The first-order valence-electron chi connectivity index (χ1n) is 7.15. The monoisotopic (exact) mass is 311 g/mol. The Labute approximate surface area is 130 Å². The zero-order valence-electron chi connectivity index (χ0n) is 12.2. The molecular formula is C15H22ClN3O2. The van der Waals surface area contributed by atoms with Crippen molar-refractivity contribution in [2.75, 3.05) is 31.2 Å². The molecule has 0 aliphatic heterocycles. The average molecular weight is 312 g/mol. The molecule has 5 nitrogen and oxygen atoms in total. The number of nitrogens with zero attached hydrogens (tertiary/aromatic N) is 1. The van der Waals surface area contributed by atoms with Gasteiger partial charge in [0.1, 0.15) is 0 Å². The molecular weight excluding hydrogens is 290 g/mol. The van der Waals surface area contributed by atoms with Crippen molar-refractivity contribution in [3.63, 3.8) is 0 Å². The van der Waals surface area contributed by atoms with Gasteiger partial charge in [0.25, 0.3) is 0 Å². The lowest BCUT2D eigenvalue weighted by atomic mass is 9.82. The smallest absolute Gasteiger partial charge is 0.225 e. The highest BCUT2D eigenvalue weighted by atomic mass is 35.5. The van der Waals surface area contributed by atoms with E-state index >= 15 is 0 Å². The molecule has 1 aliphatic rings. The third-order valence-electron chi connectivity index (χ3n) is 3.79. The lowest BCUT2D eigenvalue weighted by molar-refractivity contribution is -0.116. The molecule has 1 amide bonds. The molecule has 21 heavy (non-hydrogen) atoms. The number of amides is 1. The summed E-state index contributed by atoms with van der Waals surface area (Å²) >= 11 is 5.82.